The number of carbonyl (C=O) groups excluding carboxylic acids is 1. The lowest BCUT2D eigenvalue weighted by Gasteiger charge is -2.05. The van der Waals surface area contributed by atoms with Crippen LogP contribution in [0.15, 0.2) is 70.5 Å². The van der Waals surface area contributed by atoms with Crippen LogP contribution in [0.25, 0.3) is 0 Å². The van der Waals surface area contributed by atoms with E-state index >= 15 is 0 Å². The summed E-state index contributed by atoms with van der Waals surface area (Å²) in [4.78, 5) is 12.4. The maximum atomic E-state index is 11.3. The minimum absolute atomic E-state index is 0.226. The summed E-state index contributed by atoms with van der Waals surface area (Å²) in [6, 6.07) is 7.87. The summed E-state index contributed by atoms with van der Waals surface area (Å²) in [5.74, 6) is 2.56. The van der Waals surface area contributed by atoms with Crippen molar-refractivity contribution >= 4 is 29.5 Å². The quantitative estimate of drug-likeness (QED) is 0.313. The van der Waals surface area contributed by atoms with Gasteiger partial charge in [-0.1, -0.05) is 13.0 Å². The number of benzene rings is 1. The Morgan fingerprint density at radius 3 is 2.52 bits per heavy atom. The first-order valence-electron chi connectivity index (χ1n) is 7.94. The second-order valence-corrected chi connectivity index (χ2v) is 7.79. The molecule has 1 saturated heterocycles. The zero-order valence-corrected chi connectivity index (χ0v) is 16.3. The Bertz CT molecular complexity index is 707. The van der Waals surface area contributed by atoms with Crippen LogP contribution >= 0.6 is 23.5 Å². The second-order valence-electron chi connectivity index (χ2n) is 5.44. The van der Waals surface area contributed by atoms with Crippen LogP contribution in [0.5, 0.6) is 5.75 Å². The van der Waals surface area contributed by atoms with Crippen LogP contribution in [0.4, 0.5) is 0 Å². The van der Waals surface area contributed by atoms with E-state index in [9.17, 15) is 4.79 Å². The molecule has 1 heterocycles. The molecule has 1 atom stereocenters. The van der Waals surface area contributed by atoms with Crippen molar-refractivity contribution in [3.8, 4) is 5.75 Å². The van der Waals surface area contributed by atoms with Crippen molar-refractivity contribution in [3.63, 3.8) is 0 Å². The number of ether oxygens (including phenoxy) is 2. The molecule has 3 rings (SSSR count). The molecule has 1 aromatic rings. The zero-order valence-electron chi connectivity index (χ0n) is 14.7. The normalized spacial score (nSPS) is 17.5. The summed E-state index contributed by atoms with van der Waals surface area (Å²) >= 11 is 3.71. The number of thioether (sulfide) groups is 2. The van der Waals surface area contributed by atoms with Gasteiger partial charge in [0.1, 0.15) is 11.5 Å². The van der Waals surface area contributed by atoms with Crippen molar-refractivity contribution in [1.29, 1.82) is 0 Å². The van der Waals surface area contributed by atoms with E-state index in [1.807, 2.05) is 54.4 Å². The molecular weight excluding hydrogens is 352 g/mol. The molecule has 0 spiro atoms. The molecule has 1 fully saturated rings. The second kappa shape index (κ2) is 10.2. The van der Waals surface area contributed by atoms with Crippen LogP contribution < -0.4 is 4.74 Å². The summed E-state index contributed by atoms with van der Waals surface area (Å²) in [5, 5.41) is 1.000. The number of allylic oxidation sites excluding steroid dienone is 3. The minimum atomic E-state index is -0.273. The summed E-state index contributed by atoms with van der Waals surface area (Å²) in [6.45, 7) is 2.24. The van der Waals surface area contributed by atoms with Gasteiger partial charge in [0.2, 0.25) is 0 Å². The lowest BCUT2D eigenvalue weighted by atomic mass is 10.2. The van der Waals surface area contributed by atoms with E-state index in [4.69, 9.17) is 4.74 Å². The predicted octanol–water partition coefficient (Wildman–Crippen LogP) is 5.01. The van der Waals surface area contributed by atoms with Crippen molar-refractivity contribution < 1.29 is 14.3 Å². The van der Waals surface area contributed by atoms with Crippen LogP contribution in [0.2, 0.25) is 0 Å². The average Bonchev–Trinajstić information content (AvgIpc) is 3.44. The molecule has 1 aromatic carbocycles. The first-order valence-corrected chi connectivity index (χ1v) is 10.2. The van der Waals surface area contributed by atoms with Crippen molar-refractivity contribution in [2.45, 2.75) is 23.5 Å². The monoisotopic (exact) mass is 374 g/mol. The molecule has 0 N–H and O–H groups in total. The summed E-state index contributed by atoms with van der Waals surface area (Å²) in [7, 11) is 1.38. The van der Waals surface area contributed by atoms with Gasteiger partial charge in [0.05, 0.1) is 13.5 Å². The Morgan fingerprint density at radius 1 is 1.28 bits per heavy atom. The van der Waals surface area contributed by atoms with Gasteiger partial charge in [-0.3, -0.25) is 4.79 Å². The molecule has 1 aliphatic heterocycles. The Hall–Kier alpha value is -1.81. The van der Waals surface area contributed by atoms with Crippen LogP contribution in [0, 0.1) is 0 Å². The molecule has 0 saturated carbocycles. The van der Waals surface area contributed by atoms with Gasteiger partial charge in [-0.25, -0.2) is 0 Å². The molecule has 0 bridgehead atoms. The van der Waals surface area contributed by atoms with Crippen molar-refractivity contribution in [3.05, 3.63) is 65.6 Å². The van der Waals surface area contributed by atoms with Gasteiger partial charge in [-0.05, 0) is 48.2 Å². The maximum absolute atomic E-state index is 11.3. The van der Waals surface area contributed by atoms with E-state index in [2.05, 4.69) is 17.4 Å². The SMILES string of the molecule is CC1CS1.COC(=O)CC1=CC=C(Oc2ccc(SC)cc2)C=C=C1. The van der Waals surface area contributed by atoms with Crippen molar-refractivity contribution in [2.75, 3.05) is 19.1 Å². The molecule has 0 aromatic heterocycles. The highest BCUT2D eigenvalue weighted by Crippen LogP contribution is 2.28. The third-order valence-electron chi connectivity index (χ3n) is 3.33. The van der Waals surface area contributed by atoms with E-state index in [1.165, 1.54) is 17.8 Å². The maximum Gasteiger partial charge on any atom is 0.309 e. The number of rotatable bonds is 5. The first kappa shape index (κ1) is 19.5. The molecule has 0 radical (unpaired) electrons. The molecule has 25 heavy (non-hydrogen) atoms. The van der Waals surface area contributed by atoms with E-state index in [-0.39, 0.29) is 12.4 Å². The highest BCUT2D eigenvalue weighted by molar-refractivity contribution is 8.06. The van der Waals surface area contributed by atoms with Gasteiger partial charge in [0, 0.05) is 22.0 Å². The third kappa shape index (κ3) is 7.74. The third-order valence-corrected chi connectivity index (χ3v) is 5.07. The number of methoxy groups -OCH3 is 1. The fourth-order valence-corrected chi connectivity index (χ4v) is 2.41. The summed E-state index contributed by atoms with van der Waals surface area (Å²) < 4.78 is 10.4. The summed E-state index contributed by atoms with van der Waals surface area (Å²) in [5.41, 5.74) is 3.82. The van der Waals surface area contributed by atoms with Gasteiger partial charge in [-0.15, -0.1) is 17.5 Å². The Kier molecular flexibility index (Phi) is 7.99. The summed E-state index contributed by atoms with van der Waals surface area (Å²) in [6.07, 6.45) is 9.40. The van der Waals surface area contributed by atoms with Crippen LogP contribution in [0.1, 0.15) is 13.3 Å². The van der Waals surface area contributed by atoms with E-state index in [1.54, 1.807) is 23.9 Å². The van der Waals surface area contributed by atoms with E-state index in [0.717, 1.165) is 16.6 Å². The number of carbonyl (C=O) groups is 1. The minimum Gasteiger partial charge on any atom is -0.469 e. The van der Waals surface area contributed by atoms with Crippen molar-refractivity contribution in [1.82, 2.24) is 0 Å². The van der Waals surface area contributed by atoms with Gasteiger partial charge < -0.3 is 9.47 Å². The standard InChI is InChI=1S/C17H16O3S.C3H6S/c1-19-17(18)12-13-4-3-5-14(7-6-13)20-15-8-10-16(21-2)11-9-15;1-3-2-4-3/h4-11H,12H2,1-2H3;3H,2H2,1H3. The Balaban J connectivity index is 0.000000493. The zero-order chi connectivity index (χ0) is 18.1. The van der Waals surface area contributed by atoms with Gasteiger partial charge in [0.15, 0.2) is 0 Å². The Morgan fingerprint density at radius 2 is 1.96 bits per heavy atom. The van der Waals surface area contributed by atoms with Gasteiger partial charge in [0.25, 0.3) is 0 Å². The smallest absolute Gasteiger partial charge is 0.309 e. The molecule has 2 aliphatic rings. The molecular formula is C20H22O3S2. The molecule has 3 nitrogen and oxygen atoms in total. The Labute approximate surface area is 157 Å². The number of hydrogen-bond donors (Lipinski definition) is 0. The van der Waals surface area contributed by atoms with E-state index in [0.29, 0.717) is 5.76 Å². The van der Waals surface area contributed by atoms with Crippen LogP contribution in [0.3, 0.4) is 0 Å². The molecule has 5 heteroatoms. The molecule has 1 aliphatic carbocycles. The van der Waals surface area contributed by atoms with Crippen LogP contribution in [-0.2, 0) is 9.53 Å². The highest BCUT2D eigenvalue weighted by Gasteiger charge is 2.13. The molecule has 1 unspecified atom stereocenters. The van der Waals surface area contributed by atoms with Gasteiger partial charge >= 0.3 is 5.97 Å². The lowest BCUT2D eigenvalue weighted by molar-refractivity contribution is -0.139. The molecule has 132 valence electrons. The highest BCUT2D eigenvalue weighted by atomic mass is 32.2. The van der Waals surface area contributed by atoms with E-state index < -0.39 is 0 Å². The lowest BCUT2D eigenvalue weighted by Crippen LogP contribution is -2.00. The van der Waals surface area contributed by atoms with Gasteiger partial charge in [-0.2, -0.15) is 11.8 Å². The fraction of sp³-hybridized carbons (Fsp3) is 0.300. The van der Waals surface area contributed by atoms with Crippen LogP contribution in [-0.4, -0.2) is 30.3 Å². The fourth-order valence-electron chi connectivity index (χ4n) is 1.80. The average molecular weight is 375 g/mol. The largest absolute Gasteiger partial charge is 0.469 e. The number of esters is 1. The molecule has 0 amide bonds. The predicted molar refractivity (Wildman–Crippen MR) is 106 cm³/mol. The number of hydrogen-bond acceptors (Lipinski definition) is 5. The van der Waals surface area contributed by atoms with Crippen molar-refractivity contribution in [2.24, 2.45) is 0 Å². The first-order chi connectivity index (χ1) is 12.1. The topological polar surface area (TPSA) is 35.5 Å².